The second-order valence-corrected chi connectivity index (χ2v) is 6.43. The number of halogens is 1. The molecule has 2 heterocycles. The van der Waals surface area contributed by atoms with Gasteiger partial charge in [0.05, 0.1) is 6.04 Å². The van der Waals surface area contributed by atoms with E-state index >= 15 is 0 Å². The van der Waals surface area contributed by atoms with E-state index in [1.165, 1.54) is 0 Å². The molecule has 1 aliphatic heterocycles. The van der Waals surface area contributed by atoms with Crippen LogP contribution < -0.4 is 0 Å². The molecule has 1 aromatic rings. The monoisotopic (exact) mass is 330 g/mol. The largest absolute Gasteiger partial charge is 0.444 e. The number of aromatic nitrogens is 3. The average Bonchev–Trinajstić information content (AvgIpc) is 2.85. The highest BCUT2D eigenvalue weighted by atomic mass is 79.9. The minimum absolute atomic E-state index is 0.0568. The van der Waals surface area contributed by atoms with Crippen LogP contribution >= 0.6 is 15.9 Å². The van der Waals surface area contributed by atoms with Crippen molar-refractivity contribution in [3.8, 4) is 0 Å². The van der Waals surface area contributed by atoms with Crippen molar-refractivity contribution in [1.82, 2.24) is 19.7 Å². The van der Waals surface area contributed by atoms with Crippen LogP contribution in [0.1, 0.15) is 45.5 Å². The predicted molar refractivity (Wildman–Crippen MR) is 73.6 cm³/mol. The first kappa shape index (κ1) is 14.3. The van der Waals surface area contributed by atoms with Gasteiger partial charge < -0.3 is 9.30 Å². The summed E-state index contributed by atoms with van der Waals surface area (Å²) in [6.07, 6.45) is 1.56. The number of carbonyl (C=O) groups is 1. The molecule has 106 valence electrons. The van der Waals surface area contributed by atoms with E-state index in [0.29, 0.717) is 11.3 Å². The van der Waals surface area contributed by atoms with E-state index in [9.17, 15) is 4.79 Å². The van der Waals surface area contributed by atoms with Crippen LogP contribution in [0.5, 0.6) is 0 Å². The molecule has 7 heteroatoms. The van der Waals surface area contributed by atoms with Crippen LogP contribution in [0.2, 0.25) is 0 Å². The van der Waals surface area contributed by atoms with Gasteiger partial charge in [-0.25, -0.2) is 4.79 Å². The summed E-state index contributed by atoms with van der Waals surface area (Å²) in [5, 5.41) is 8.12. The maximum atomic E-state index is 12.2. The Kier molecular flexibility index (Phi) is 3.85. The second kappa shape index (κ2) is 5.11. The molecule has 1 fully saturated rings. The van der Waals surface area contributed by atoms with Crippen molar-refractivity contribution in [1.29, 1.82) is 0 Å². The van der Waals surface area contributed by atoms with Gasteiger partial charge in [0.1, 0.15) is 5.60 Å². The van der Waals surface area contributed by atoms with Crippen molar-refractivity contribution < 1.29 is 9.53 Å². The van der Waals surface area contributed by atoms with E-state index in [4.69, 9.17) is 4.74 Å². The maximum absolute atomic E-state index is 12.2. The fraction of sp³-hybridized carbons (Fsp3) is 0.750. The van der Waals surface area contributed by atoms with Gasteiger partial charge in [-0.1, -0.05) is 0 Å². The minimum Gasteiger partial charge on any atom is -0.444 e. The van der Waals surface area contributed by atoms with Gasteiger partial charge >= 0.3 is 6.09 Å². The van der Waals surface area contributed by atoms with Crippen molar-refractivity contribution in [2.24, 2.45) is 7.05 Å². The van der Waals surface area contributed by atoms with E-state index in [0.717, 1.165) is 18.7 Å². The van der Waals surface area contributed by atoms with Gasteiger partial charge in [-0.15, -0.1) is 10.2 Å². The zero-order chi connectivity index (χ0) is 14.2. The maximum Gasteiger partial charge on any atom is 0.410 e. The Morgan fingerprint density at radius 2 is 2.11 bits per heavy atom. The third-order valence-electron chi connectivity index (χ3n) is 3.03. The molecule has 1 atom stereocenters. The Morgan fingerprint density at radius 3 is 2.63 bits per heavy atom. The van der Waals surface area contributed by atoms with Gasteiger partial charge in [0.25, 0.3) is 0 Å². The standard InChI is InChI=1S/C12H19BrN4O2/c1-12(2,3)19-11(18)17-7-5-6-8(17)9-14-15-10(13)16(9)4/h8H,5-7H2,1-4H3/t8-/m0/s1. The van der Waals surface area contributed by atoms with Gasteiger partial charge in [0.2, 0.25) is 0 Å². The van der Waals surface area contributed by atoms with Crippen LogP contribution in [0.25, 0.3) is 0 Å². The van der Waals surface area contributed by atoms with E-state index in [2.05, 4.69) is 26.1 Å². The molecule has 0 N–H and O–H groups in total. The number of nitrogens with zero attached hydrogens (tertiary/aromatic N) is 4. The molecule has 6 nitrogen and oxygen atoms in total. The number of hydrogen-bond acceptors (Lipinski definition) is 4. The highest BCUT2D eigenvalue weighted by Gasteiger charge is 2.35. The zero-order valence-electron chi connectivity index (χ0n) is 11.7. The number of hydrogen-bond donors (Lipinski definition) is 0. The Bertz CT molecular complexity index is 481. The van der Waals surface area contributed by atoms with Crippen molar-refractivity contribution in [3.05, 3.63) is 10.6 Å². The summed E-state index contributed by atoms with van der Waals surface area (Å²) in [7, 11) is 1.88. The molecule has 1 amide bonds. The molecular weight excluding hydrogens is 312 g/mol. The van der Waals surface area contributed by atoms with Crippen molar-refractivity contribution in [2.75, 3.05) is 6.54 Å². The normalized spacial score (nSPS) is 19.8. The quantitative estimate of drug-likeness (QED) is 0.794. The van der Waals surface area contributed by atoms with Gasteiger partial charge in [-0.3, -0.25) is 4.90 Å². The first-order valence-electron chi connectivity index (χ1n) is 6.34. The smallest absolute Gasteiger partial charge is 0.410 e. The first-order valence-corrected chi connectivity index (χ1v) is 7.13. The van der Waals surface area contributed by atoms with Gasteiger partial charge in [0, 0.05) is 13.6 Å². The fourth-order valence-corrected chi connectivity index (χ4v) is 2.45. The Morgan fingerprint density at radius 1 is 1.42 bits per heavy atom. The number of likely N-dealkylation sites (tertiary alicyclic amines) is 1. The molecule has 1 saturated heterocycles. The van der Waals surface area contributed by atoms with Crippen LogP contribution in [-0.2, 0) is 11.8 Å². The summed E-state index contributed by atoms with van der Waals surface area (Å²) in [6, 6.07) is -0.0568. The van der Waals surface area contributed by atoms with Gasteiger partial charge in [-0.2, -0.15) is 0 Å². The lowest BCUT2D eigenvalue weighted by Gasteiger charge is -2.28. The highest BCUT2D eigenvalue weighted by Crippen LogP contribution is 2.32. The molecule has 1 aromatic heterocycles. The van der Waals surface area contributed by atoms with Crippen LogP contribution in [0.15, 0.2) is 4.73 Å². The first-order chi connectivity index (χ1) is 8.79. The molecular formula is C12H19BrN4O2. The Hall–Kier alpha value is -1.11. The number of amides is 1. The SMILES string of the molecule is Cn1c(Br)nnc1[C@@H]1CCCN1C(=O)OC(C)(C)C. The molecule has 0 aromatic carbocycles. The summed E-state index contributed by atoms with van der Waals surface area (Å²) < 4.78 is 7.96. The van der Waals surface area contributed by atoms with E-state index < -0.39 is 5.60 Å². The van der Waals surface area contributed by atoms with Crippen LogP contribution in [0, 0.1) is 0 Å². The highest BCUT2D eigenvalue weighted by molar-refractivity contribution is 9.10. The van der Waals surface area contributed by atoms with Crippen molar-refractivity contribution in [2.45, 2.75) is 45.3 Å². The van der Waals surface area contributed by atoms with Crippen LogP contribution in [0.4, 0.5) is 4.79 Å². The molecule has 0 saturated carbocycles. The van der Waals surface area contributed by atoms with E-state index in [-0.39, 0.29) is 12.1 Å². The molecule has 0 spiro atoms. The molecule has 0 bridgehead atoms. The van der Waals surface area contributed by atoms with E-state index in [1.54, 1.807) is 4.90 Å². The number of carbonyl (C=O) groups excluding carboxylic acids is 1. The molecule has 19 heavy (non-hydrogen) atoms. The zero-order valence-corrected chi connectivity index (χ0v) is 13.3. The lowest BCUT2D eigenvalue weighted by atomic mass is 10.2. The average molecular weight is 331 g/mol. The molecule has 0 unspecified atom stereocenters. The van der Waals surface area contributed by atoms with Crippen LogP contribution in [-0.4, -0.2) is 37.9 Å². The predicted octanol–water partition coefficient (Wildman–Crippen LogP) is 2.65. The number of rotatable bonds is 1. The summed E-state index contributed by atoms with van der Waals surface area (Å²) in [6.45, 7) is 6.31. The van der Waals surface area contributed by atoms with Crippen LogP contribution in [0.3, 0.4) is 0 Å². The molecule has 0 radical (unpaired) electrons. The molecule has 0 aliphatic carbocycles. The fourth-order valence-electron chi connectivity index (χ4n) is 2.19. The van der Waals surface area contributed by atoms with Crippen molar-refractivity contribution >= 4 is 22.0 Å². The summed E-state index contributed by atoms with van der Waals surface area (Å²) >= 11 is 3.32. The van der Waals surface area contributed by atoms with Crippen molar-refractivity contribution in [3.63, 3.8) is 0 Å². The van der Waals surface area contributed by atoms with E-state index in [1.807, 2.05) is 32.4 Å². The third kappa shape index (κ3) is 3.08. The summed E-state index contributed by atoms with van der Waals surface area (Å²) in [5.74, 6) is 0.787. The van der Waals surface area contributed by atoms with Gasteiger partial charge in [0.15, 0.2) is 10.6 Å². The molecule has 1 aliphatic rings. The summed E-state index contributed by atoms with van der Waals surface area (Å²) in [4.78, 5) is 13.9. The number of ether oxygens (including phenoxy) is 1. The minimum atomic E-state index is -0.481. The Labute approximate surface area is 121 Å². The topological polar surface area (TPSA) is 60.2 Å². The summed E-state index contributed by atoms with van der Waals surface area (Å²) in [5.41, 5.74) is -0.481. The third-order valence-corrected chi connectivity index (χ3v) is 3.72. The lowest BCUT2D eigenvalue weighted by molar-refractivity contribution is 0.0216. The lowest BCUT2D eigenvalue weighted by Crippen LogP contribution is -2.37. The molecule has 2 rings (SSSR count). The Balaban J connectivity index is 2.17. The second-order valence-electron chi connectivity index (χ2n) is 5.72. The van der Waals surface area contributed by atoms with Gasteiger partial charge in [-0.05, 0) is 49.5 Å².